The van der Waals surface area contributed by atoms with Gasteiger partial charge in [0.05, 0.1) is 11.3 Å². The minimum absolute atomic E-state index is 0.0657. The van der Waals surface area contributed by atoms with Gasteiger partial charge in [0.1, 0.15) is 0 Å². The zero-order chi connectivity index (χ0) is 16.1. The maximum Gasteiger partial charge on any atom is 0.260 e. The monoisotopic (exact) mass is 409 g/mol. The Kier molecular flexibility index (Phi) is 5.79. The molecule has 2 aromatic carbocycles. The van der Waals surface area contributed by atoms with E-state index in [0.717, 1.165) is 15.8 Å². The molecule has 5 heteroatoms. The molecule has 0 saturated carbocycles. The highest BCUT2D eigenvalue weighted by atomic mass is 127. The van der Waals surface area contributed by atoms with Crippen LogP contribution in [-0.4, -0.2) is 38.0 Å². The minimum atomic E-state index is -0.0657. The topological polar surface area (TPSA) is 49.6 Å². The molecule has 0 saturated heterocycles. The quantitative estimate of drug-likeness (QED) is 0.610. The first-order valence-electron chi connectivity index (χ1n) is 7.06. The Hall–Kier alpha value is -1.60. The normalized spacial score (nSPS) is 10.7. The molecule has 0 fully saturated rings. The number of carbonyl (C=O) groups is 1. The van der Waals surface area contributed by atoms with Crippen molar-refractivity contribution in [3.05, 3.63) is 57.7 Å². The van der Waals surface area contributed by atoms with E-state index in [1.54, 1.807) is 17.0 Å². The van der Waals surface area contributed by atoms with Gasteiger partial charge in [0.25, 0.3) is 5.91 Å². The summed E-state index contributed by atoms with van der Waals surface area (Å²) in [6, 6.07) is 15.1. The van der Waals surface area contributed by atoms with Crippen molar-refractivity contribution in [3.8, 4) is 0 Å². The van der Waals surface area contributed by atoms with Gasteiger partial charge in [-0.15, -0.1) is 0 Å². The lowest BCUT2D eigenvalue weighted by Crippen LogP contribution is -2.37. The number of hydrogen-bond donors (Lipinski definition) is 1. The Morgan fingerprint density at radius 1 is 1.05 bits per heavy atom. The SMILES string of the molecule is CN(C)CCN(C(=O)c1ccccc1N)c1ccccc1I. The number of amides is 1. The highest BCUT2D eigenvalue weighted by molar-refractivity contribution is 14.1. The molecule has 0 atom stereocenters. The largest absolute Gasteiger partial charge is 0.398 e. The molecule has 4 nitrogen and oxygen atoms in total. The molecule has 0 aliphatic rings. The molecule has 1 amide bonds. The van der Waals surface area contributed by atoms with Gasteiger partial charge in [-0.05, 0) is 61.0 Å². The number of rotatable bonds is 5. The van der Waals surface area contributed by atoms with E-state index in [0.29, 0.717) is 17.8 Å². The van der Waals surface area contributed by atoms with Gasteiger partial charge in [-0.25, -0.2) is 0 Å². The first-order valence-corrected chi connectivity index (χ1v) is 8.14. The van der Waals surface area contributed by atoms with E-state index in [2.05, 4.69) is 27.5 Å². The number of nitrogen functional groups attached to an aromatic ring is 1. The minimum Gasteiger partial charge on any atom is -0.398 e. The van der Waals surface area contributed by atoms with Gasteiger partial charge in [0, 0.05) is 22.3 Å². The molecule has 0 spiro atoms. The van der Waals surface area contributed by atoms with Gasteiger partial charge in [0.2, 0.25) is 0 Å². The molecule has 0 aliphatic heterocycles. The molecule has 2 rings (SSSR count). The van der Waals surface area contributed by atoms with Crippen molar-refractivity contribution >= 4 is 39.9 Å². The van der Waals surface area contributed by atoms with E-state index in [9.17, 15) is 4.79 Å². The summed E-state index contributed by atoms with van der Waals surface area (Å²) in [5, 5.41) is 0. The number of halogens is 1. The standard InChI is InChI=1S/C17H20IN3O/c1-20(2)11-12-21(16-10-6-4-8-14(16)18)17(22)13-7-3-5-9-15(13)19/h3-10H,11-12,19H2,1-2H3. The second-order valence-electron chi connectivity index (χ2n) is 5.30. The first-order chi connectivity index (χ1) is 10.5. The highest BCUT2D eigenvalue weighted by Gasteiger charge is 2.21. The molecule has 0 aliphatic carbocycles. The Balaban J connectivity index is 2.38. The van der Waals surface area contributed by atoms with Crippen LogP contribution in [-0.2, 0) is 0 Å². The van der Waals surface area contributed by atoms with Crippen LogP contribution >= 0.6 is 22.6 Å². The van der Waals surface area contributed by atoms with Crippen LogP contribution in [0, 0.1) is 3.57 Å². The molecule has 0 aromatic heterocycles. The predicted molar refractivity (Wildman–Crippen MR) is 100 cm³/mol. The van der Waals surface area contributed by atoms with Crippen molar-refractivity contribution in [1.82, 2.24) is 4.90 Å². The average Bonchev–Trinajstić information content (AvgIpc) is 2.49. The summed E-state index contributed by atoms with van der Waals surface area (Å²) in [5.74, 6) is -0.0657. The second-order valence-corrected chi connectivity index (χ2v) is 6.46. The maximum atomic E-state index is 13.0. The summed E-state index contributed by atoms with van der Waals surface area (Å²) >= 11 is 2.26. The number of para-hydroxylation sites is 2. The number of nitrogens with zero attached hydrogens (tertiary/aromatic N) is 2. The Morgan fingerprint density at radius 3 is 2.32 bits per heavy atom. The van der Waals surface area contributed by atoms with E-state index in [1.807, 2.05) is 50.5 Å². The van der Waals surface area contributed by atoms with Crippen molar-refractivity contribution < 1.29 is 4.79 Å². The highest BCUT2D eigenvalue weighted by Crippen LogP contribution is 2.25. The summed E-state index contributed by atoms with van der Waals surface area (Å²) in [5.41, 5.74) is 7.94. The molecule has 2 aromatic rings. The van der Waals surface area contributed by atoms with Crippen LogP contribution in [0.4, 0.5) is 11.4 Å². The van der Waals surface area contributed by atoms with Gasteiger partial charge < -0.3 is 15.5 Å². The van der Waals surface area contributed by atoms with E-state index in [-0.39, 0.29) is 5.91 Å². The van der Waals surface area contributed by atoms with Crippen molar-refractivity contribution in [3.63, 3.8) is 0 Å². The summed E-state index contributed by atoms with van der Waals surface area (Å²) < 4.78 is 1.04. The van der Waals surface area contributed by atoms with Crippen LogP contribution in [0.25, 0.3) is 0 Å². The summed E-state index contributed by atoms with van der Waals surface area (Å²) in [6.07, 6.45) is 0. The molecule has 22 heavy (non-hydrogen) atoms. The van der Waals surface area contributed by atoms with Gasteiger partial charge in [-0.2, -0.15) is 0 Å². The Labute approximate surface area is 145 Å². The smallest absolute Gasteiger partial charge is 0.260 e. The number of benzene rings is 2. The van der Waals surface area contributed by atoms with Crippen molar-refractivity contribution in [2.24, 2.45) is 0 Å². The van der Waals surface area contributed by atoms with Crippen molar-refractivity contribution in [2.45, 2.75) is 0 Å². The van der Waals surface area contributed by atoms with Gasteiger partial charge >= 0.3 is 0 Å². The van der Waals surface area contributed by atoms with Crippen LogP contribution in [0.1, 0.15) is 10.4 Å². The van der Waals surface area contributed by atoms with Crippen molar-refractivity contribution in [2.75, 3.05) is 37.8 Å². The molecule has 0 heterocycles. The molecule has 0 unspecified atom stereocenters. The number of anilines is 2. The van der Waals surface area contributed by atoms with Gasteiger partial charge in [0.15, 0.2) is 0 Å². The molecule has 2 N–H and O–H groups in total. The summed E-state index contributed by atoms with van der Waals surface area (Å²) in [7, 11) is 3.99. The molecular formula is C17H20IN3O. The fraction of sp³-hybridized carbons (Fsp3) is 0.235. The lowest BCUT2D eigenvalue weighted by Gasteiger charge is -2.26. The van der Waals surface area contributed by atoms with E-state index >= 15 is 0 Å². The number of hydrogen-bond acceptors (Lipinski definition) is 3. The average molecular weight is 409 g/mol. The van der Waals surface area contributed by atoms with Crippen LogP contribution in [0.5, 0.6) is 0 Å². The fourth-order valence-electron chi connectivity index (χ4n) is 2.14. The second kappa shape index (κ2) is 7.60. The zero-order valence-electron chi connectivity index (χ0n) is 12.8. The first kappa shape index (κ1) is 16.8. The van der Waals surface area contributed by atoms with Crippen LogP contribution in [0.3, 0.4) is 0 Å². The van der Waals surface area contributed by atoms with Gasteiger partial charge in [-0.1, -0.05) is 24.3 Å². The van der Waals surface area contributed by atoms with Crippen LogP contribution in [0.2, 0.25) is 0 Å². The lowest BCUT2D eigenvalue weighted by molar-refractivity contribution is 0.0986. The molecule has 0 bridgehead atoms. The van der Waals surface area contributed by atoms with E-state index in [1.165, 1.54) is 0 Å². The number of carbonyl (C=O) groups excluding carboxylic acids is 1. The van der Waals surface area contributed by atoms with Gasteiger partial charge in [-0.3, -0.25) is 4.79 Å². The third kappa shape index (κ3) is 3.98. The maximum absolute atomic E-state index is 13.0. The van der Waals surface area contributed by atoms with E-state index in [4.69, 9.17) is 5.73 Å². The molecular weight excluding hydrogens is 389 g/mol. The Morgan fingerprint density at radius 2 is 1.68 bits per heavy atom. The predicted octanol–water partition coefficient (Wildman–Crippen LogP) is 3.08. The lowest BCUT2D eigenvalue weighted by atomic mass is 10.1. The summed E-state index contributed by atoms with van der Waals surface area (Å²) in [4.78, 5) is 16.8. The molecule has 116 valence electrons. The third-order valence-electron chi connectivity index (χ3n) is 3.35. The fourth-order valence-corrected chi connectivity index (χ4v) is 2.82. The third-order valence-corrected chi connectivity index (χ3v) is 4.26. The summed E-state index contributed by atoms with van der Waals surface area (Å²) in [6.45, 7) is 1.39. The number of nitrogens with two attached hydrogens (primary N) is 1. The van der Waals surface area contributed by atoms with E-state index < -0.39 is 0 Å². The van der Waals surface area contributed by atoms with Crippen molar-refractivity contribution in [1.29, 1.82) is 0 Å². The van der Waals surface area contributed by atoms with Crippen LogP contribution in [0.15, 0.2) is 48.5 Å². The Bertz CT molecular complexity index is 658. The number of likely N-dealkylation sites (N-methyl/N-ethyl adjacent to an activating group) is 1. The molecule has 0 radical (unpaired) electrons. The zero-order valence-corrected chi connectivity index (χ0v) is 14.9. The van der Waals surface area contributed by atoms with Crippen LogP contribution < -0.4 is 10.6 Å².